The van der Waals surface area contributed by atoms with Crippen molar-refractivity contribution >= 4 is 11.9 Å². The van der Waals surface area contributed by atoms with Crippen molar-refractivity contribution in [2.24, 2.45) is 0 Å². The molecule has 0 aliphatic rings. The molecule has 0 aliphatic carbocycles. The van der Waals surface area contributed by atoms with Crippen LogP contribution in [0.15, 0.2) is 12.2 Å². The number of hydrogen-bond acceptors (Lipinski definition) is 5. The lowest BCUT2D eigenvalue weighted by molar-refractivity contribution is -0.143. The molecule has 0 aromatic rings. The van der Waals surface area contributed by atoms with Crippen molar-refractivity contribution in [1.82, 2.24) is 5.32 Å². The largest absolute Gasteiger partial charge is 0.466 e. The maximum absolute atomic E-state index is 12.6. The molecule has 0 aromatic heterocycles. The highest BCUT2D eigenvalue weighted by molar-refractivity contribution is 5.76. The predicted molar refractivity (Wildman–Crippen MR) is 375 cm³/mol. The number of rotatable bonds is 75. The fourth-order valence-electron chi connectivity index (χ4n) is 12.8. The van der Waals surface area contributed by atoms with E-state index < -0.39 is 12.1 Å². The third-order valence-corrected chi connectivity index (χ3v) is 18.8. The van der Waals surface area contributed by atoms with E-state index in [4.69, 9.17) is 4.74 Å². The molecule has 6 nitrogen and oxygen atoms in total. The number of hydrogen-bond donors (Lipinski definition) is 3. The number of nitrogens with one attached hydrogen (secondary N) is 1. The predicted octanol–water partition coefficient (Wildman–Crippen LogP) is 25.9. The van der Waals surface area contributed by atoms with E-state index in [0.29, 0.717) is 25.9 Å². The van der Waals surface area contributed by atoms with Crippen LogP contribution in [0.1, 0.15) is 457 Å². The lowest BCUT2D eigenvalue weighted by Gasteiger charge is -2.22. The average Bonchev–Trinajstić information content (AvgIpc) is 3.51. The number of esters is 1. The normalized spacial score (nSPS) is 12.5. The molecule has 0 aromatic carbocycles. The van der Waals surface area contributed by atoms with Crippen LogP contribution in [0, 0.1) is 0 Å². The molecule has 0 saturated heterocycles. The van der Waals surface area contributed by atoms with Gasteiger partial charge in [-0.1, -0.05) is 405 Å². The summed E-state index contributed by atoms with van der Waals surface area (Å²) in [5.74, 6) is -0.00783. The number of amides is 1. The second-order valence-corrected chi connectivity index (χ2v) is 27.4. The summed E-state index contributed by atoms with van der Waals surface area (Å²) in [7, 11) is 0. The first-order chi connectivity index (χ1) is 42.0. The first-order valence-electron chi connectivity index (χ1n) is 39.4. The molecule has 1 amide bonds. The molecule has 6 heteroatoms. The van der Waals surface area contributed by atoms with Crippen LogP contribution in [0.3, 0.4) is 0 Å². The van der Waals surface area contributed by atoms with Gasteiger partial charge in [0.2, 0.25) is 5.91 Å². The Morgan fingerprint density at radius 1 is 0.318 bits per heavy atom. The SMILES string of the molecule is CCCCCCCCC/C=C\CCCCCCCCCC(=O)OCCCCCCCCCCCCCCCCCCCCCCCCCCCCCCCC(=O)NC(CO)C(O)CCCCCCCCCCCCCCCCCCCCCCC. The van der Waals surface area contributed by atoms with Gasteiger partial charge < -0.3 is 20.3 Å². The first-order valence-corrected chi connectivity index (χ1v) is 39.4. The number of aliphatic hydroxyl groups excluding tert-OH is 2. The van der Waals surface area contributed by atoms with Gasteiger partial charge in [-0.15, -0.1) is 0 Å². The molecule has 0 heterocycles. The smallest absolute Gasteiger partial charge is 0.305 e. The van der Waals surface area contributed by atoms with Gasteiger partial charge in [-0.2, -0.15) is 0 Å². The zero-order valence-electron chi connectivity index (χ0n) is 58.1. The number of carbonyl (C=O) groups excluding carboxylic acids is 2. The average molecular weight is 1200 g/mol. The summed E-state index contributed by atoms with van der Waals surface area (Å²) in [4.78, 5) is 24.7. The Balaban J connectivity index is 3.33. The summed E-state index contributed by atoms with van der Waals surface area (Å²) >= 11 is 0. The van der Waals surface area contributed by atoms with Crippen molar-refractivity contribution in [3.8, 4) is 0 Å². The van der Waals surface area contributed by atoms with Crippen LogP contribution in [-0.2, 0) is 14.3 Å². The minimum Gasteiger partial charge on any atom is -0.466 e. The van der Waals surface area contributed by atoms with Crippen molar-refractivity contribution in [2.75, 3.05) is 13.2 Å². The van der Waals surface area contributed by atoms with E-state index in [1.165, 1.54) is 379 Å². The second-order valence-electron chi connectivity index (χ2n) is 27.4. The van der Waals surface area contributed by atoms with Gasteiger partial charge in [0, 0.05) is 12.8 Å². The van der Waals surface area contributed by atoms with Crippen LogP contribution < -0.4 is 5.32 Å². The maximum atomic E-state index is 12.6. The van der Waals surface area contributed by atoms with Crippen LogP contribution in [0.4, 0.5) is 0 Å². The monoisotopic (exact) mass is 1200 g/mol. The van der Waals surface area contributed by atoms with Gasteiger partial charge in [0.1, 0.15) is 0 Å². The van der Waals surface area contributed by atoms with Gasteiger partial charge in [0.25, 0.3) is 0 Å². The molecule has 0 aliphatic heterocycles. The van der Waals surface area contributed by atoms with Gasteiger partial charge in [-0.3, -0.25) is 9.59 Å². The maximum Gasteiger partial charge on any atom is 0.305 e. The molecule has 3 N–H and O–H groups in total. The van der Waals surface area contributed by atoms with Gasteiger partial charge in [0.05, 0.1) is 25.4 Å². The van der Waals surface area contributed by atoms with E-state index >= 15 is 0 Å². The van der Waals surface area contributed by atoms with Crippen molar-refractivity contribution in [3.63, 3.8) is 0 Å². The molecule has 0 saturated carbocycles. The van der Waals surface area contributed by atoms with Crippen molar-refractivity contribution in [1.29, 1.82) is 0 Å². The minimum absolute atomic E-state index is 0.0180. The fraction of sp³-hybridized carbons (Fsp3) is 0.949. The summed E-state index contributed by atoms with van der Waals surface area (Å²) in [5.41, 5.74) is 0. The molecule has 0 fully saturated rings. The third-order valence-electron chi connectivity index (χ3n) is 18.8. The first kappa shape index (κ1) is 83.6. The molecular formula is C79H155NO5. The Morgan fingerprint density at radius 2 is 0.553 bits per heavy atom. The van der Waals surface area contributed by atoms with Crippen molar-refractivity contribution in [2.45, 2.75) is 469 Å². The molecule has 0 bridgehead atoms. The molecule has 0 rings (SSSR count). The number of aliphatic hydroxyl groups is 2. The Hall–Kier alpha value is -1.40. The highest BCUT2D eigenvalue weighted by Crippen LogP contribution is 2.20. The van der Waals surface area contributed by atoms with E-state index in [2.05, 4.69) is 31.3 Å². The number of allylic oxidation sites excluding steroid dienone is 2. The molecule has 2 unspecified atom stereocenters. The van der Waals surface area contributed by atoms with Gasteiger partial charge in [-0.25, -0.2) is 0 Å². The molecule has 85 heavy (non-hydrogen) atoms. The lowest BCUT2D eigenvalue weighted by atomic mass is 10.0. The van der Waals surface area contributed by atoms with Crippen molar-refractivity contribution in [3.05, 3.63) is 12.2 Å². The Labute approximate surface area is 533 Å². The topological polar surface area (TPSA) is 95.9 Å². The summed E-state index contributed by atoms with van der Waals surface area (Å²) in [6.45, 7) is 5.01. The quantitative estimate of drug-likeness (QED) is 0.0320. The summed E-state index contributed by atoms with van der Waals surface area (Å²) in [6, 6.07) is -0.539. The van der Waals surface area contributed by atoms with E-state index in [0.717, 1.165) is 44.9 Å². The van der Waals surface area contributed by atoms with Crippen LogP contribution in [0.25, 0.3) is 0 Å². The summed E-state index contributed by atoms with van der Waals surface area (Å²) < 4.78 is 5.51. The Kier molecular flexibility index (Phi) is 73.8. The molecule has 0 radical (unpaired) electrons. The zero-order chi connectivity index (χ0) is 61.3. The van der Waals surface area contributed by atoms with E-state index in [-0.39, 0.29) is 18.5 Å². The molecule has 506 valence electrons. The van der Waals surface area contributed by atoms with Crippen molar-refractivity contribution < 1.29 is 24.5 Å². The van der Waals surface area contributed by atoms with Gasteiger partial charge >= 0.3 is 5.97 Å². The zero-order valence-corrected chi connectivity index (χ0v) is 58.1. The minimum atomic E-state index is -0.662. The molecule has 2 atom stereocenters. The van der Waals surface area contributed by atoms with Crippen LogP contribution >= 0.6 is 0 Å². The second kappa shape index (κ2) is 75.1. The summed E-state index contributed by atoms with van der Waals surface area (Å²) in [6.07, 6.45) is 94.4. The number of unbranched alkanes of at least 4 members (excludes halogenated alkanes) is 62. The van der Waals surface area contributed by atoms with E-state index in [1.807, 2.05) is 0 Å². The fourth-order valence-corrected chi connectivity index (χ4v) is 12.8. The van der Waals surface area contributed by atoms with Gasteiger partial charge in [-0.05, 0) is 51.4 Å². The summed E-state index contributed by atoms with van der Waals surface area (Å²) in [5, 5.41) is 23.5. The highest BCUT2D eigenvalue weighted by Gasteiger charge is 2.20. The number of ether oxygens (including phenoxy) is 1. The molecular weight excluding hydrogens is 1040 g/mol. The molecule has 0 spiro atoms. The Morgan fingerprint density at radius 3 is 0.835 bits per heavy atom. The highest BCUT2D eigenvalue weighted by atomic mass is 16.5. The van der Waals surface area contributed by atoms with E-state index in [9.17, 15) is 19.8 Å². The number of carbonyl (C=O) groups is 2. The third kappa shape index (κ3) is 71.6. The van der Waals surface area contributed by atoms with Crippen LogP contribution in [0.2, 0.25) is 0 Å². The van der Waals surface area contributed by atoms with Crippen LogP contribution in [-0.4, -0.2) is 47.4 Å². The standard InChI is InChI=1S/C79H155NO5/c1-3-5-7-9-11-13-15-17-19-21-23-33-36-39-43-47-51-55-59-63-67-71-77(82)76(75-81)80-78(83)72-68-64-60-56-52-48-44-40-37-34-31-29-27-25-24-26-28-30-32-35-38-42-46-50-54-58-62-66-70-74-85-79(84)73-69-65-61-57-53-49-45-41-22-20-18-16-14-12-10-8-6-4-2/h20,22,76-77,81-82H,3-19,21,23-75H2,1-2H3,(H,80,83)/b22-20-. The lowest BCUT2D eigenvalue weighted by Crippen LogP contribution is -2.45. The van der Waals surface area contributed by atoms with E-state index in [1.54, 1.807) is 0 Å². The Bertz CT molecular complexity index is 1290. The van der Waals surface area contributed by atoms with Crippen LogP contribution in [0.5, 0.6) is 0 Å². The van der Waals surface area contributed by atoms with Gasteiger partial charge in [0.15, 0.2) is 0 Å².